The second-order valence-electron chi connectivity index (χ2n) is 6.49. The second-order valence-corrected chi connectivity index (χ2v) is 6.49. The van der Waals surface area contributed by atoms with E-state index in [-0.39, 0.29) is 25.9 Å². The van der Waals surface area contributed by atoms with Crippen molar-refractivity contribution in [3.63, 3.8) is 0 Å². The van der Waals surface area contributed by atoms with Crippen molar-refractivity contribution in [2.75, 3.05) is 26.2 Å². The molecule has 1 saturated carbocycles. The fourth-order valence-corrected chi connectivity index (χ4v) is 3.03. The fourth-order valence-electron chi connectivity index (χ4n) is 3.03. The van der Waals surface area contributed by atoms with Crippen molar-refractivity contribution in [3.8, 4) is 0 Å². The minimum Gasteiger partial charge on any atom is -0.383 e. The Balaban J connectivity index is 1.53. The SMILES string of the molecule is CCc1nc(CN2CCN(C(=O)C(F)(F)C3(O)CCC3)CC2)no1. The molecule has 1 aliphatic heterocycles. The molecule has 0 radical (unpaired) electrons. The van der Waals surface area contributed by atoms with Gasteiger partial charge in [-0.1, -0.05) is 12.1 Å². The van der Waals surface area contributed by atoms with Gasteiger partial charge in [-0.3, -0.25) is 9.69 Å². The van der Waals surface area contributed by atoms with E-state index in [4.69, 9.17) is 4.52 Å². The van der Waals surface area contributed by atoms with Gasteiger partial charge in [-0.2, -0.15) is 13.8 Å². The van der Waals surface area contributed by atoms with Gasteiger partial charge in [-0.05, 0) is 19.3 Å². The molecule has 0 aromatic carbocycles. The van der Waals surface area contributed by atoms with Crippen LogP contribution in [-0.4, -0.2) is 68.7 Å². The summed E-state index contributed by atoms with van der Waals surface area (Å²) in [5.41, 5.74) is -2.16. The lowest BCUT2D eigenvalue weighted by atomic mass is 9.75. The van der Waals surface area contributed by atoms with Gasteiger partial charge in [0.05, 0.1) is 6.54 Å². The third-order valence-electron chi connectivity index (χ3n) is 4.87. The van der Waals surface area contributed by atoms with Crippen LogP contribution in [0.2, 0.25) is 0 Å². The standard InChI is InChI=1S/C15H22F2N4O3/c1-2-12-18-11(19-24-12)10-20-6-8-21(9-7-20)13(22)15(16,17)14(23)4-3-5-14/h23H,2-10H2,1H3. The third kappa shape index (κ3) is 3.02. The van der Waals surface area contributed by atoms with Crippen molar-refractivity contribution in [2.45, 2.75) is 50.7 Å². The molecule has 0 atom stereocenters. The van der Waals surface area contributed by atoms with E-state index in [9.17, 15) is 18.7 Å². The lowest BCUT2D eigenvalue weighted by Crippen LogP contribution is -2.63. The molecule has 2 heterocycles. The number of hydrogen-bond donors (Lipinski definition) is 1. The zero-order valence-electron chi connectivity index (χ0n) is 13.7. The molecule has 2 aliphatic rings. The van der Waals surface area contributed by atoms with Gasteiger partial charge in [0, 0.05) is 32.6 Å². The zero-order valence-corrected chi connectivity index (χ0v) is 13.7. The van der Waals surface area contributed by atoms with E-state index in [0.29, 0.717) is 44.2 Å². The summed E-state index contributed by atoms with van der Waals surface area (Å²) >= 11 is 0. The minimum absolute atomic E-state index is 0.0245. The number of hydrogen-bond acceptors (Lipinski definition) is 6. The largest absolute Gasteiger partial charge is 0.383 e. The normalized spacial score (nSPS) is 21.6. The number of carbonyl (C=O) groups excluding carboxylic acids is 1. The molecule has 1 aromatic heterocycles. The van der Waals surface area contributed by atoms with Crippen LogP contribution in [0, 0.1) is 0 Å². The minimum atomic E-state index is -3.71. The lowest BCUT2D eigenvalue weighted by molar-refractivity contribution is -0.224. The highest BCUT2D eigenvalue weighted by atomic mass is 19.3. The molecule has 1 amide bonds. The molecule has 134 valence electrons. The van der Waals surface area contributed by atoms with Crippen LogP contribution >= 0.6 is 0 Å². The number of rotatable bonds is 5. The van der Waals surface area contributed by atoms with Gasteiger partial charge >= 0.3 is 5.92 Å². The fraction of sp³-hybridized carbons (Fsp3) is 0.800. The van der Waals surface area contributed by atoms with Gasteiger partial charge in [-0.15, -0.1) is 0 Å². The molecule has 24 heavy (non-hydrogen) atoms. The lowest BCUT2D eigenvalue weighted by Gasteiger charge is -2.44. The Labute approximate surface area is 138 Å². The van der Waals surface area contributed by atoms with Gasteiger partial charge in [0.1, 0.15) is 5.60 Å². The number of aliphatic hydroxyl groups is 1. The highest BCUT2D eigenvalue weighted by molar-refractivity contribution is 5.85. The molecule has 1 saturated heterocycles. The van der Waals surface area contributed by atoms with E-state index in [1.54, 1.807) is 0 Å². The second kappa shape index (κ2) is 6.36. The first-order valence-corrected chi connectivity index (χ1v) is 8.29. The Hall–Kier alpha value is -1.61. The number of nitrogens with zero attached hydrogens (tertiary/aromatic N) is 4. The van der Waals surface area contributed by atoms with E-state index in [0.717, 1.165) is 4.90 Å². The summed E-state index contributed by atoms with van der Waals surface area (Å²) in [6, 6.07) is 0. The summed E-state index contributed by atoms with van der Waals surface area (Å²) in [6.07, 6.45) is 1.14. The summed E-state index contributed by atoms with van der Waals surface area (Å²) in [7, 11) is 0. The number of halogens is 2. The first-order valence-electron chi connectivity index (χ1n) is 8.29. The number of alkyl halides is 2. The Kier molecular flexibility index (Phi) is 4.56. The molecular formula is C15H22F2N4O3. The zero-order chi connectivity index (χ0) is 17.4. The molecule has 2 fully saturated rings. The Bertz CT molecular complexity index is 595. The van der Waals surface area contributed by atoms with Gasteiger partial charge < -0.3 is 14.5 Å². The summed E-state index contributed by atoms with van der Waals surface area (Å²) < 4.78 is 33.5. The monoisotopic (exact) mass is 344 g/mol. The number of aromatic nitrogens is 2. The maximum absolute atomic E-state index is 14.2. The number of piperazine rings is 1. The predicted octanol–water partition coefficient (Wildman–Crippen LogP) is 0.826. The molecule has 1 aliphatic carbocycles. The molecule has 0 unspecified atom stereocenters. The average molecular weight is 344 g/mol. The third-order valence-corrected chi connectivity index (χ3v) is 4.87. The summed E-state index contributed by atoms with van der Waals surface area (Å²) in [4.78, 5) is 19.5. The van der Waals surface area contributed by atoms with E-state index in [1.165, 1.54) is 0 Å². The molecule has 7 nitrogen and oxygen atoms in total. The molecule has 1 aromatic rings. The van der Waals surface area contributed by atoms with Crippen molar-refractivity contribution in [1.82, 2.24) is 19.9 Å². The maximum atomic E-state index is 14.2. The Morgan fingerprint density at radius 2 is 2.00 bits per heavy atom. The molecule has 9 heteroatoms. The highest BCUT2D eigenvalue weighted by Gasteiger charge is 2.62. The molecular weight excluding hydrogens is 322 g/mol. The van der Waals surface area contributed by atoms with Gasteiger partial charge in [0.15, 0.2) is 5.82 Å². The van der Waals surface area contributed by atoms with E-state index >= 15 is 0 Å². The summed E-state index contributed by atoms with van der Waals surface area (Å²) in [5.74, 6) is -3.86. The van der Waals surface area contributed by atoms with Gasteiger partial charge in [0.2, 0.25) is 5.89 Å². The van der Waals surface area contributed by atoms with Crippen LogP contribution in [-0.2, 0) is 17.8 Å². The van der Waals surface area contributed by atoms with Crippen molar-refractivity contribution >= 4 is 5.91 Å². The number of amides is 1. The van der Waals surface area contributed by atoms with Gasteiger partial charge in [-0.25, -0.2) is 0 Å². The van der Waals surface area contributed by atoms with Crippen LogP contribution in [0.3, 0.4) is 0 Å². The predicted molar refractivity (Wildman–Crippen MR) is 79.3 cm³/mol. The maximum Gasteiger partial charge on any atom is 0.352 e. The van der Waals surface area contributed by atoms with Crippen molar-refractivity contribution < 1.29 is 23.2 Å². The molecule has 1 N–H and O–H groups in total. The van der Waals surface area contributed by atoms with Gasteiger partial charge in [0.25, 0.3) is 5.91 Å². The van der Waals surface area contributed by atoms with E-state index in [1.807, 2.05) is 11.8 Å². The van der Waals surface area contributed by atoms with Crippen molar-refractivity contribution in [2.24, 2.45) is 0 Å². The highest BCUT2D eigenvalue weighted by Crippen LogP contribution is 2.45. The van der Waals surface area contributed by atoms with Crippen LogP contribution in [0.25, 0.3) is 0 Å². The van der Waals surface area contributed by atoms with Crippen molar-refractivity contribution in [1.29, 1.82) is 0 Å². The molecule has 0 bridgehead atoms. The Morgan fingerprint density at radius 3 is 2.50 bits per heavy atom. The van der Waals surface area contributed by atoms with Crippen molar-refractivity contribution in [3.05, 3.63) is 11.7 Å². The Morgan fingerprint density at radius 1 is 1.33 bits per heavy atom. The van der Waals surface area contributed by atoms with E-state index < -0.39 is 17.4 Å². The molecule has 0 spiro atoms. The van der Waals surface area contributed by atoms with Crippen LogP contribution in [0.5, 0.6) is 0 Å². The number of carbonyl (C=O) groups is 1. The summed E-state index contributed by atoms with van der Waals surface area (Å²) in [6.45, 7) is 3.68. The molecule has 3 rings (SSSR count). The first kappa shape index (κ1) is 17.2. The number of aryl methyl sites for hydroxylation is 1. The smallest absolute Gasteiger partial charge is 0.352 e. The average Bonchev–Trinajstić information content (AvgIpc) is 3.00. The van der Waals surface area contributed by atoms with Crippen LogP contribution < -0.4 is 0 Å². The van der Waals surface area contributed by atoms with Crippen LogP contribution in [0.4, 0.5) is 8.78 Å². The van der Waals surface area contributed by atoms with Crippen LogP contribution in [0.1, 0.15) is 37.9 Å². The first-order chi connectivity index (χ1) is 11.4. The van der Waals surface area contributed by atoms with Crippen LogP contribution in [0.15, 0.2) is 4.52 Å². The quantitative estimate of drug-likeness (QED) is 0.852. The van der Waals surface area contributed by atoms with E-state index in [2.05, 4.69) is 10.1 Å². The topological polar surface area (TPSA) is 82.7 Å². The summed E-state index contributed by atoms with van der Waals surface area (Å²) in [5, 5.41) is 13.7.